The molecule has 9 nitrogen and oxygen atoms in total. The molecule has 1 saturated heterocycles. The average molecular weight is 607 g/mol. The summed E-state index contributed by atoms with van der Waals surface area (Å²) in [5.41, 5.74) is 3.63. The number of benzene rings is 1. The van der Waals surface area contributed by atoms with Crippen molar-refractivity contribution in [2.24, 2.45) is 0 Å². The van der Waals surface area contributed by atoms with Gasteiger partial charge in [-0.05, 0) is 48.4 Å². The SMILES string of the molecule is CC(C)c1[nH]nc2ncc(C#Cc3ccnc(NC=O)c3)cc12.CCN1CCN(Cc2ccc(NC)cc2C(F)(F)F)CC1. The van der Waals surface area contributed by atoms with Crippen molar-refractivity contribution in [2.45, 2.75) is 39.4 Å². The molecule has 1 aliphatic heterocycles. The smallest absolute Gasteiger partial charge is 0.388 e. The second kappa shape index (κ2) is 14.8. The number of likely N-dealkylation sites (N-methyl/N-ethyl adjacent to an activating group) is 1. The van der Waals surface area contributed by atoms with E-state index in [1.54, 1.807) is 43.7 Å². The number of anilines is 2. The lowest BCUT2D eigenvalue weighted by molar-refractivity contribution is -0.138. The number of hydrogen-bond donors (Lipinski definition) is 3. The van der Waals surface area contributed by atoms with E-state index in [2.05, 4.69) is 73.2 Å². The number of carbonyl (C=O) groups is 1. The zero-order valence-corrected chi connectivity index (χ0v) is 25.3. The number of aromatic nitrogens is 4. The summed E-state index contributed by atoms with van der Waals surface area (Å²) in [4.78, 5) is 23.2. The fourth-order valence-corrected chi connectivity index (χ4v) is 4.86. The molecular weight excluding hydrogens is 569 g/mol. The Morgan fingerprint density at radius 1 is 1.02 bits per heavy atom. The van der Waals surface area contributed by atoms with E-state index >= 15 is 0 Å². The Labute approximate surface area is 255 Å². The van der Waals surface area contributed by atoms with Gasteiger partial charge >= 0.3 is 6.18 Å². The third-order valence-corrected chi connectivity index (χ3v) is 7.34. The quantitative estimate of drug-likeness (QED) is 0.193. The number of nitrogens with one attached hydrogen (secondary N) is 3. The Morgan fingerprint density at radius 3 is 2.41 bits per heavy atom. The molecule has 0 unspecified atom stereocenters. The molecule has 3 N–H and O–H groups in total. The van der Waals surface area contributed by atoms with Gasteiger partial charge in [-0.15, -0.1) is 0 Å². The minimum absolute atomic E-state index is 0.335. The molecule has 1 amide bonds. The molecule has 12 heteroatoms. The minimum atomic E-state index is -4.31. The Morgan fingerprint density at radius 2 is 1.75 bits per heavy atom. The number of H-pyrrole nitrogens is 1. The lowest BCUT2D eigenvalue weighted by Gasteiger charge is -2.34. The molecule has 1 aromatic carbocycles. The van der Waals surface area contributed by atoms with E-state index in [1.807, 2.05) is 6.07 Å². The second-order valence-electron chi connectivity index (χ2n) is 10.7. The lowest BCUT2D eigenvalue weighted by atomic mass is 10.0. The normalized spacial score (nSPS) is 14.0. The summed E-state index contributed by atoms with van der Waals surface area (Å²) in [5, 5.41) is 13.5. The molecule has 1 fully saturated rings. The Hall–Kier alpha value is -4.47. The molecule has 1 aliphatic rings. The second-order valence-corrected chi connectivity index (χ2v) is 10.7. The summed E-state index contributed by atoms with van der Waals surface area (Å²) in [7, 11) is 1.62. The highest BCUT2D eigenvalue weighted by atomic mass is 19.4. The van der Waals surface area contributed by atoms with Crippen LogP contribution in [0.3, 0.4) is 0 Å². The Bertz CT molecular complexity index is 1620. The summed E-state index contributed by atoms with van der Waals surface area (Å²) in [6.07, 6.45) is -0.423. The van der Waals surface area contributed by atoms with Crippen molar-refractivity contribution in [1.29, 1.82) is 0 Å². The number of halogens is 3. The number of hydrogen-bond acceptors (Lipinski definition) is 7. The van der Waals surface area contributed by atoms with Crippen molar-refractivity contribution in [2.75, 3.05) is 50.4 Å². The lowest BCUT2D eigenvalue weighted by Crippen LogP contribution is -2.45. The van der Waals surface area contributed by atoms with Crippen LogP contribution in [0.15, 0.2) is 48.8 Å². The molecule has 232 valence electrons. The van der Waals surface area contributed by atoms with E-state index in [0.29, 0.717) is 41.6 Å². The number of piperazine rings is 1. The van der Waals surface area contributed by atoms with Crippen LogP contribution in [-0.2, 0) is 17.5 Å². The molecule has 3 aromatic heterocycles. The van der Waals surface area contributed by atoms with Gasteiger partial charge < -0.3 is 15.5 Å². The maximum absolute atomic E-state index is 13.2. The first kappa shape index (κ1) is 32.4. The molecule has 0 radical (unpaired) electrons. The van der Waals surface area contributed by atoms with Crippen molar-refractivity contribution in [3.63, 3.8) is 0 Å². The van der Waals surface area contributed by atoms with Crippen LogP contribution in [0.5, 0.6) is 0 Å². The van der Waals surface area contributed by atoms with Crippen molar-refractivity contribution in [3.05, 3.63) is 76.7 Å². The van der Waals surface area contributed by atoms with E-state index in [4.69, 9.17) is 0 Å². The fraction of sp³-hybridized carbons (Fsp3) is 0.375. The third-order valence-electron chi connectivity index (χ3n) is 7.34. The molecule has 0 aliphatic carbocycles. The zero-order valence-electron chi connectivity index (χ0n) is 25.3. The van der Waals surface area contributed by atoms with Gasteiger partial charge in [0.05, 0.1) is 5.56 Å². The maximum atomic E-state index is 13.2. The summed E-state index contributed by atoms with van der Waals surface area (Å²) < 4.78 is 39.5. The summed E-state index contributed by atoms with van der Waals surface area (Å²) in [6.45, 7) is 11.1. The first-order valence-electron chi connectivity index (χ1n) is 14.5. The molecule has 0 atom stereocenters. The number of nitrogens with zero attached hydrogens (tertiary/aromatic N) is 5. The number of fused-ring (bicyclic) bond motifs is 1. The highest BCUT2D eigenvalue weighted by molar-refractivity contribution is 5.79. The van der Waals surface area contributed by atoms with Crippen LogP contribution < -0.4 is 10.6 Å². The largest absolute Gasteiger partial charge is 0.416 e. The average Bonchev–Trinajstić information content (AvgIpc) is 3.45. The summed E-state index contributed by atoms with van der Waals surface area (Å²) >= 11 is 0. The first-order valence-corrected chi connectivity index (χ1v) is 14.5. The topological polar surface area (TPSA) is 102 Å². The first-order chi connectivity index (χ1) is 21.1. The van der Waals surface area contributed by atoms with Crippen LogP contribution in [0.2, 0.25) is 0 Å². The molecule has 44 heavy (non-hydrogen) atoms. The fourth-order valence-electron chi connectivity index (χ4n) is 4.86. The van der Waals surface area contributed by atoms with E-state index in [9.17, 15) is 18.0 Å². The highest BCUT2D eigenvalue weighted by Crippen LogP contribution is 2.34. The predicted octanol–water partition coefficient (Wildman–Crippen LogP) is 5.33. The van der Waals surface area contributed by atoms with Gasteiger partial charge in [0, 0.05) is 80.1 Å². The predicted molar refractivity (Wildman–Crippen MR) is 166 cm³/mol. The molecular formula is C32H37F3N8O. The number of amides is 1. The van der Waals surface area contributed by atoms with E-state index in [-0.39, 0.29) is 0 Å². The van der Waals surface area contributed by atoms with Gasteiger partial charge in [0.15, 0.2) is 5.65 Å². The standard InChI is InChI=1S/C17H15N5O.C15H22F3N3/c1-11(2)16-14-7-13(9-19-17(14)22-21-16)4-3-12-5-6-18-15(8-12)20-10-23;1-3-20-6-8-21(9-7-20)11-12-4-5-13(19-2)10-14(12)15(16,17)18/h5-11H,1-2H3,(H,18,20,23)(H,19,21,22);4-5,10,19H,3,6-9,11H2,1-2H3. The van der Waals surface area contributed by atoms with Crippen molar-refractivity contribution >= 4 is 28.9 Å². The van der Waals surface area contributed by atoms with Gasteiger partial charge in [0.2, 0.25) is 6.41 Å². The van der Waals surface area contributed by atoms with Gasteiger partial charge in [-0.1, -0.05) is 38.7 Å². The van der Waals surface area contributed by atoms with Crippen molar-refractivity contribution < 1.29 is 18.0 Å². The van der Waals surface area contributed by atoms with E-state index in [0.717, 1.165) is 54.9 Å². The van der Waals surface area contributed by atoms with Crippen LogP contribution in [0.25, 0.3) is 11.0 Å². The highest BCUT2D eigenvalue weighted by Gasteiger charge is 2.34. The molecule has 0 spiro atoms. The van der Waals surface area contributed by atoms with Gasteiger partial charge in [0.25, 0.3) is 0 Å². The van der Waals surface area contributed by atoms with Gasteiger partial charge in [0.1, 0.15) is 5.82 Å². The van der Waals surface area contributed by atoms with Gasteiger partial charge in [-0.3, -0.25) is 14.8 Å². The van der Waals surface area contributed by atoms with Crippen LogP contribution >= 0.6 is 0 Å². The van der Waals surface area contributed by atoms with E-state index in [1.165, 1.54) is 6.07 Å². The van der Waals surface area contributed by atoms with Crippen molar-refractivity contribution in [3.8, 4) is 11.8 Å². The maximum Gasteiger partial charge on any atom is 0.416 e. The minimum Gasteiger partial charge on any atom is -0.388 e. The van der Waals surface area contributed by atoms with Crippen LogP contribution in [0.1, 0.15) is 54.6 Å². The van der Waals surface area contributed by atoms with E-state index < -0.39 is 11.7 Å². The number of carbonyl (C=O) groups excluding carboxylic acids is 1. The molecule has 4 heterocycles. The zero-order chi connectivity index (χ0) is 31.7. The van der Waals surface area contributed by atoms with Gasteiger partial charge in [-0.25, -0.2) is 9.97 Å². The summed E-state index contributed by atoms with van der Waals surface area (Å²) in [5.74, 6) is 6.93. The number of aromatic amines is 1. The molecule has 0 bridgehead atoms. The Balaban J connectivity index is 0.000000202. The number of rotatable bonds is 7. The Kier molecular flexibility index (Phi) is 10.9. The summed E-state index contributed by atoms with van der Waals surface area (Å²) in [6, 6.07) is 9.96. The van der Waals surface area contributed by atoms with Crippen LogP contribution in [0.4, 0.5) is 24.7 Å². The molecule has 4 aromatic rings. The number of pyridine rings is 2. The van der Waals surface area contributed by atoms with Crippen molar-refractivity contribution in [1.82, 2.24) is 30.0 Å². The molecule has 0 saturated carbocycles. The van der Waals surface area contributed by atoms with Crippen LogP contribution in [-0.4, -0.2) is 76.1 Å². The third kappa shape index (κ3) is 8.55. The number of alkyl halides is 3. The van der Waals surface area contributed by atoms with Crippen LogP contribution in [0, 0.1) is 11.8 Å². The molecule has 5 rings (SSSR count). The van der Waals surface area contributed by atoms with Gasteiger partial charge in [-0.2, -0.15) is 18.3 Å². The monoisotopic (exact) mass is 606 g/mol.